The Morgan fingerprint density at radius 3 is 2.55 bits per heavy atom. The normalized spacial score (nSPS) is 14.9. The summed E-state index contributed by atoms with van der Waals surface area (Å²) in [7, 11) is 0. The van der Waals surface area contributed by atoms with Crippen LogP contribution < -0.4 is 10.6 Å². The van der Waals surface area contributed by atoms with Crippen LogP contribution in [-0.4, -0.2) is 34.5 Å². The number of furan rings is 1. The number of carboxylic acid groups (broad SMARTS) is 1. The van der Waals surface area contributed by atoms with Crippen LogP contribution in [0.15, 0.2) is 23.0 Å². The Bertz CT molecular complexity index is 497. The first-order valence-corrected chi connectivity index (χ1v) is 6.18. The summed E-state index contributed by atoms with van der Waals surface area (Å²) in [6.45, 7) is 4.55. The Balaban J connectivity index is 2.64. The summed E-state index contributed by atoms with van der Waals surface area (Å²) in [5, 5.41) is 14.0. The van der Waals surface area contributed by atoms with Crippen LogP contribution in [-0.2, 0) is 9.59 Å². The van der Waals surface area contributed by atoms with Gasteiger partial charge in [-0.3, -0.25) is 9.59 Å². The Morgan fingerprint density at radius 1 is 1.45 bits per heavy atom. The molecule has 0 aliphatic heterocycles. The van der Waals surface area contributed by atoms with Gasteiger partial charge in [0.1, 0.15) is 17.8 Å². The largest absolute Gasteiger partial charge is 0.480 e. The fraction of sp³-hybridized carbons (Fsp3) is 0.462. The predicted molar refractivity (Wildman–Crippen MR) is 70.1 cm³/mol. The van der Waals surface area contributed by atoms with E-state index in [9.17, 15) is 14.4 Å². The molecule has 1 aromatic heterocycles. The number of carbonyl (C=O) groups excluding carboxylic acids is 2. The van der Waals surface area contributed by atoms with Crippen LogP contribution in [0.1, 0.15) is 37.6 Å². The summed E-state index contributed by atoms with van der Waals surface area (Å²) in [6.07, 6.45) is 2.84. The third kappa shape index (κ3) is 3.59. The van der Waals surface area contributed by atoms with Gasteiger partial charge in [0.05, 0.1) is 11.8 Å². The van der Waals surface area contributed by atoms with Crippen LogP contribution in [0.2, 0.25) is 0 Å². The van der Waals surface area contributed by atoms with Gasteiger partial charge in [-0.15, -0.1) is 0 Å². The summed E-state index contributed by atoms with van der Waals surface area (Å²) < 4.78 is 4.77. The first-order valence-electron chi connectivity index (χ1n) is 6.18. The number of rotatable bonds is 6. The molecule has 0 spiro atoms. The highest BCUT2D eigenvalue weighted by Crippen LogP contribution is 2.09. The van der Waals surface area contributed by atoms with E-state index in [0.717, 1.165) is 0 Å². The summed E-state index contributed by atoms with van der Waals surface area (Å²) in [6, 6.07) is 0.607. The van der Waals surface area contributed by atoms with Crippen LogP contribution in [0.5, 0.6) is 0 Å². The van der Waals surface area contributed by atoms with Crippen molar-refractivity contribution in [2.24, 2.45) is 0 Å². The second-order valence-electron chi connectivity index (χ2n) is 4.69. The van der Waals surface area contributed by atoms with Gasteiger partial charge in [0, 0.05) is 0 Å². The van der Waals surface area contributed by atoms with E-state index in [0.29, 0.717) is 5.56 Å². The number of carbonyl (C=O) groups is 3. The third-order valence-corrected chi connectivity index (χ3v) is 3.10. The number of amides is 2. The fourth-order valence-corrected chi connectivity index (χ4v) is 1.41. The number of nitrogens with one attached hydrogen (secondary N) is 2. The molecule has 0 radical (unpaired) electrons. The van der Waals surface area contributed by atoms with Crippen molar-refractivity contribution in [1.29, 1.82) is 0 Å². The van der Waals surface area contributed by atoms with E-state index in [1.165, 1.54) is 32.4 Å². The molecule has 0 aromatic carbocycles. The van der Waals surface area contributed by atoms with Gasteiger partial charge in [-0.1, -0.05) is 6.92 Å². The lowest BCUT2D eigenvalue weighted by Gasteiger charge is -2.26. The van der Waals surface area contributed by atoms with E-state index in [1.807, 2.05) is 0 Å². The molecule has 0 bridgehead atoms. The minimum absolute atomic E-state index is 0.233. The summed E-state index contributed by atoms with van der Waals surface area (Å²) in [4.78, 5) is 34.7. The lowest BCUT2D eigenvalue weighted by molar-refractivity contribution is -0.147. The van der Waals surface area contributed by atoms with E-state index in [2.05, 4.69) is 10.6 Å². The standard InChI is InChI=1S/C13H18N2O5/c1-4-13(3,12(18)19)15-10(16)8(2)14-11(17)9-5-6-20-7-9/h5-8H,4H2,1-3H3,(H,14,17)(H,15,16)(H,18,19). The first kappa shape index (κ1) is 15.7. The Labute approximate surface area is 116 Å². The van der Waals surface area contributed by atoms with Crippen LogP contribution in [0.3, 0.4) is 0 Å². The van der Waals surface area contributed by atoms with Crippen molar-refractivity contribution >= 4 is 17.8 Å². The minimum Gasteiger partial charge on any atom is -0.480 e. The van der Waals surface area contributed by atoms with Gasteiger partial charge in [-0.05, 0) is 26.3 Å². The first-order chi connectivity index (χ1) is 9.30. The molecule has 0 fully saturated rings. The monoisotopic (exact) mass is 282 g/mol. The van der Waals surface area contributed by atoms with E-state index >= 15 is 0 Å². The number of hydrogen-bond acceptors (Lipinski definition) is 4. The van der Waals surface area contributed by atoms with Crippen molar-refractivity contribution in [3.05, 3.63) is 24.2 Å². The van der Waals surface area contributed by atoms with Gasteiger partial charge in [-0.2, -0.15) is 0 Å². The molecule has 7 heteroatoms. The lowest BCUT2D eigenvalue weighted by atomic mass is 9.99. The van der Waals surface area contributed by atoms with Gasteiger partial charge in [0.15, 0.2) is 0 Å². The number of aliphatic carboxylic acids is 1. The van der Waals surface area contributed by atoms with Gasteiger partial charge in [0.25, 0.3) is 5.91 Å². The lowest BCUT2D eigenvalue weighted by Crippen LogP contribution is -2.56. The molecule has 2 unspecified atom stereocenters. The van der Waals surface area contributed by atoms with Gasteiger partial charge >= 0.3 is 5.97 Å². The molecule has 110 valence electrons. The topological polar surface area (TPSA) is 109 Å². The predicted octanol–water partition coefficient (Wildman–Crippen LogP) is 0.767. The molecule has 0 saturated heterocycles. The SMILES string of the molecule is CCC(C)(NC(=O)C(C)NC(=O)c1ccoc1)C(=O)O. The molecule has 0 aliphatic carbocycles. The molecule has 20 heavy (non-hydrogen) atoms. The molecule has 3 N–H and O–H groups in total. The zero-order chi connectivity index (χ0) is 15.3. The smallest absolute Gasteiger partial charge is 0.329 e. The molecule has 0 saturated carbocycles. The molecular formula is C13H18N2O5. The number of hydrogen-bond donors (Lipinski definition) is 3. The number of carboxylic acids is 1. The van der Waals surface area contributed by atoms with Crippen molar-refractivity contribution in [2.75, 3.05) is 0 Å². The van der Waals surface area contributed by atoms with E-state index < -0.39 is 29.4 Å². The Hall–Kier alpha value is -2.31. The molecule has 1 rings (SSSR count). The molecule has 1 aromatic rings. The minimum atomic E-state index is -1.36. The highest BCUT2D eigenvalue weighted by molar-refractivity contribution is 5.98. The van der Waals surface area contributed by atoms with Gasteiger partial charge in [0.2, 0.25) is 5.91 Å². The van der Waals surface area contributed by atoms with Crippen LogP contribution >= 0.6 is 0 Å². The van der Waals surface area contributed by atoms with E-state index in [-0.39, 0.29) is 6.42 Å². The molecule has 2 amide bonds. The zero-order valence-corrected chi connectivity index (χ0v) is 11.6. The van der Waals surface area contributed by atoms with Crippen molar-refractivity contribution in [3.8, 4) is 0 Å². The van der Waals surface area contributed by atoms with Crippen LogP contribution in [0, 0.1) is 0 Å². The van der Waals surface area contributed by atoms with E-state index in [4.69, 9.17) is 9.52 Å². The Kier molecular flexibility index (Phi) is 4.90. The maximum absolute atomic E-state index is 11.9. The van der Waals surface area contributed by atoms with Gasteiger partial charge in [-0.25, -0.2) is 4.79 Å². The maximum Gasteiger partial charge on any atom is 0.329 e. The summed E-state index contributed by atoms with van der Waals surface area (Å²) in [5.41, 5.74) is -1.06. The zero-order valence-electron chi connectivity index (χ0n) is 11.6. The van der Waals surface area contributed by atoms with Gasteiger partial charge < -0.3 is 20.2 Å². The fourth-order valence-electron chi connectivity index (χ4n) is 1.41. The van der Waals surface area contributed by atoms with Crippen molar-refractivity contribution < 1.29 is 23.9 Å². The molecule has 0 aliphatic rings. The molecule has 1 heterocycles. The maximum atomic E-state index is 11.9. The third-order valence-electron chi connectivity index (χ3n) is 3.10. The van der Waals surface area contributed by atoms with Crippen molar-refractivity contribution in [2.45, 2.75) is 38.8 Å². The highest BCUT2D eigenvalue weighted by Gasteiger charge is 2.34. The van der Waals surface area contributed by atoms with Crippen molar-refractivity contribution in [1.82, 2.24) is 10.6 Å². The summed E-state index contributed by atoms with van der Waals surface area (Å²) >= 11 is 0. The van der Waals surface area contributed by atoms with E-state index in [1.54, 1.807) is 6.92 Å². The van der Waals surface area contributed by atoms with Crippen molar-refractivity contribution in [3.63, 3.8) is 0 Å². The van der Waals surface area contributed by atoms with Crippen LogP contribution in [0.25, 0.3) is 0 Å². The molecule has 7 nitrogen and oxygen atoms in total. The average molecular weight is 282 g/mol. The molecular weight excluding hydrogens is 264 g/mol. The second-order valence-corrected chi connectivity index (χ2v) is 4.69. The molecule has 2 atom stereocenters. The van der Waals surface area contributed by atoms with Crippen LogP contribution in [0.4, 0.5) is 0 Å². The summed E-state index contributed by atoms with van der Waals surface area (Å²) in [5.74, 6) is -2.15. The quantitative estimate of drug-likeness (QED) is 0.714. The highest BCUT2D eigenvalue weighted by atomic mass is 16.4. The Morgan fingerprint density at radius 2 is 2.10 bits per heavy atom. The average Bonchev–Trinajstić information content (AvgIpc) is 2.91. The second kappa shape index (κ2) is 6.23.